The van der Waals surface area contributed by atoms with E-state index in [4.69, 9.17) is 6.42 Å². The zero-order valence-electron chi connectivity index (χ0n) is 5.11. The van der Waals surface area contributed by atoms with Crippen LogP contribution < -0.4 is 4.90 Å². The zero-order chi connectivity index (χ0) is 5.82. The van der Waals surface area contributed by atoms with Crippen LogP contribution in [0.25, 0.3) is 0 Å². The Morgan fingerprint density at radius 3 is 2.50 bits per heavy atom. The van der Waals surface area contributed by atoms with E-state index < -0.39 is 0 Å². The third-order valence-corrected chi connectivity index (χ3v) is 1.66. The predicted octanol–water partition coefficient (Wildman–Crippen LogP) is -0.702. The number of hydrogen-bond acceptors (Lipinski definition) is 0. The summed E-state index contributed by atoms with van der Waals surface area (Å²) in [5.74, 6) is 2.67. The summed E-state index contributed by atoms with van der Waals surface area (Å²) in [5.41, 5.74) is 0. The average molecular weight is 110 g/mol. The summed E-state index contributed by atoms with van der Waals surface area (Å²) in [4.78, 5) is 1.59. The number of nitrogens with one attached hydrogen (secondary N) is 1. The van der Waals surface area contributed by atoms with Crippen molar-refractivity contribution in [2.45, 2.75) is 12.8 Å². The van der Waals surface area contributed by atoms with E-state index in [9.17, 15) is 0 Å². The van der Waals surface area contributed by atoms with E-state index in [0.29, 0.717) is 0 Å². The summed E-state index contributed by atoms with van der Waals surface area (Å²) in [5, 5.41) is 0. The number of terminal acetylenes is 1. The maximum atomic E-state index is 5.14. The van der Waals surface area contributed by atoms with E-state index in [0.717, 1.165) is 6.54 Å². The molecule has 0 radical (unpaired) electrons. The van der Waals surface area contributed by atoms with Gasteiger partial charge >= 0.3 is 0 Å². The summed E-state index contributed by atoms with van der Waals surface area (Å²) in [6.07, 6.45) is 7.88. The molecule has 0 unspecified atom stereocenters. The van der Waals surface area contributed by atoms with Crippen LogP contribution in [-0.4, -0.2) is 19.6 Å². The molecule has 0 atom stereocenters. The molecular weight excluding hydrogens is 98.1 g/mol. The maximum Gasteiger partial charge on any atom is 0.139 e. The Kier molecular flexibility index (Phi) is 1.93. The third-order valence-electron chi connectivity index (χ3n) is 1.66. The van der Waals surface area contributed by atoms with Gasteiger partial charge in [0, 0.05) is 12.8 Å². The Hall–Kier alpha value is -0.480. The second kappa shape index (κ2) is 2.74. The fourth-order valence-corrected chi connectivity index (χ4v) is 1.20. The molecule has 44 valence electrons. The number of likely N-dealkylation sites (tertiary alicyclic amines) is 1. The van der Waals surface area contributed by atoms with Gasteiger partial charge in [0.05, 0.1) is 13.1 Å². The molecule has 1 aliphatic heterocycles. The highest BCUT2D eigenvalue weighted by atomic mass is 15.1. The first-order chi connectivity index (χ1) is 3.93. The molecule has 1 heterocycles. The van der Waals surface area contributed by atoms with Crippen molar-refractivity contribution in [1.82, 2.24) is 0 Å². The SMILES string of the molecule is C#CC[NH+]1CCCC1. The maximum absolute atomic E-state index is 5.14. The molecule has 0 bridgehead atoms. The Labute approximate surface area is 50.7 Å². The molecule has 0 aliphatic carbocycles. The van der Waals surface area contributed by atoms with E-state index in [1.807, 2.05) is 0 Å². The van der Waals surface area contributed by atoms with Crippen molar-refractivity contribution in [2.24, 2.45) is 0 Å². The molecule has 1 fully saturated rings. The van der Waals surface area contributed by atoms with Crippen molar-refractivity contribution < 1.29 is 4.90 Å². The Morgan fingerprint density at radius 1 is 1.38 bits per heavy atom. The van der Waals surface area contributed by atoms with Crippen LogP contribution in [0.4, 0.5) is 0 Å². The smallest absolute Gasteiger partial charge is 0.139 e. The lowest BCUT2D eigenvalue weighted by atomic mass is 10.4. The number of quaternary nitrogens is 1. The standard InChI is InChI=1S/C7H11N/c1-2-5-8-6-3-4-7-8/h1H,3-7H2/p+1. The third kappa shape index (κ3) is 1.24. The highest BCUT2D eigenvalue weighted by Gasteiger charge is 2.12. The van der Waals surface area contributed by atoms with E-state index >= 15 is 0 Å². The molecular formula is C7H12N+. The largest absolute Gasteiger partial charge is 0.325 e. The van der Waals surface area contributed by atoms with Crippen LogP contribution in [0, 0.1) is 12.3 Å². The minimum Gasteiger partial charge on any atom is -0.325 e. The van der Waals surface area contributed by atoms with Gasteiger partial charge in [-0.2, -0.15) is 0 Å². The van der Waals surface area contributed by atoms with Gasteiger partial charge in [-0.1, -0.05) is 0 Å². The minimum atomic E-state index is 0.931. The Balaban J connectivity index is 2.17. The lowest BCUT2D eigenvalue weighted by Crippen LogP contribution is -3.09. The summed E-state index contributed by atoms with van der Waals surface area (Å²) in [6.45, 7) is 3.52. The fourth-order valence-electron chi connectivity index (χ4n) is 1.20. The van der Waals surface area contributed by atoms with Gasteiger partial charge in [-0.05, 0) is 5.92 Å². The van der Waals surface area contributed by atoms with Gasteiger partial charge in [0.15, 0.2) is 0 Å². The van der Waals surface area contributed by atoms with Crippen molar-refractivity contribution in [1.29, 1.82) is 0 Å². The molecule has 1 aliphatic rings. The summed E-state index contributed by atoms with van der Waals surface area (Å²) in [7, 11) is 0. The highest BCUT2D eigenvalue weighted by Crippen LogP contribution is 1.85. The minimum absolute atomic E-state index is 0.931. The summed E-state index contributed by atoms with van der Waals surface area (Å²) >= 11 is 0. The van der Waals surface area contributed by atoms with E-state index in [2.05, 4.69) is 5.92 Å². The molecule has 0 aromatic rings. The van der Waals surface area contributed by atoms with E-state index in [1.54, 1.807) is 4.90 Å². The normalized spacial score (nSPS) is 20.9. The lowest BCUT2D eigenvalue weighted by molar-refractivity contribution is -0.879. The van der Waals surface area contributed by atoms with E-state index in [-0.39, 0.29) is 0 Å². The van der Waals surface area contributed by atoms with Crippen LogP contribution in [0.2, 0.25) is 0 Å². The summed E-state index contributed by atoms with van der Waals surface area (Å²) < 4.78 is 0. The molecule has 0 saturated carbocycles. The predicted molar refractivity (Wildman–Crippen MR) is 33.6 cm³/mol. The number of hydrogen-bond donors (Lipinski definition) is 1. The molecule has 1 heteroatoms. The van der Waals surface area contributed by atoms with Crippen LogP contribution in [0.1, 0.15) is 12.8 Å². The first kappa shape index (κ1) is 5.65. The van der Waals surface area contributed by atoms with Crippen molar-refractivity contribution in [3.63, 3.8) is 0 Å². The highest BCUT2D eigenvalue weighted by molar-refractivity contribution is 4.82. The van der Waals surface area contributed by atoms with Gasteiger partial charge in [0.2, 0.25) is 0 Å². The molecule has 0 amide bonds. The van der Waals surface area contributed by atoms with Crippen molar-refractivity contribution in [2.75, 3.05) is 19.6 Å². The van der Waals surface area contributed by atoms with Crippen molar-refractivity contribution >= 4 is 0 Å². The van der Waals surface area contributed by atoms with Crippen LogP contribution >= 0.6 is 0 Å². The number of rotatable bonds is 1. The Morgan fingerprint density at radius 2 is 2.00 bits per heavy atom. The lowest BCUT2D eigenvalue weighted by Gasteiger charge is -2.05. The molecule has 8 heavy (non-hydrogen) atoms. The molecule has 0 aromatic heterocycles. The average Bonchev–Trinajstić information content (AvgIpc) is 2.19. The molecule has 1 rings (SSSR count). The van der Waals surface area contributed by atoms with Gasteiger partial charge in [0.1, 0.15) is 6.54 Å². The van der Waals surface area contributed by atoms with Crippen LogP contribution in [-0.2, 0) is 0 Å². The van der Waals surface area contributed by atoms with Gasteiger partial charge in [-0.15, -0.1) is 6.42 Å². The zero-order valence-corrected chi connectivity index (χ0v) is 5.11. The molecule has 0 spiro atoms. The molecule has 0 aromatic carbocycles. The van der Waals surface area contributed by atoms with Gasteiger partial charge < -0.3 is 4.90 Å². The van der Waals surface area contributed by atoms with Gasteiger partial charge in [-0.3, -0.25) is 0 Å². The van der Waals surface area contributed by atoms with Crippen LogP contribution in [0.3, 0.4) is 0 Å². The Bertz CT molecular complexity index is 95.4. The topological polar surface area (TPSA) is 4.44 Å². The second-order valence-electron chi connectivity index (χ2n) is 2.34. The first-order valence-electron chi connectivity index (χ1n) is 3.20. The van der Waals surface area contributed by atoms with Crippen LogP contribution in [0.5, 0.6) is 0 Å². The fraction of sp³-hybridized carbons (Fsp3) is 0.714. The van der Waals surface area contributed by atoms with Gasteiger partial charge in [0.25, 0.3) is 0 Å². The monoisotopic (exact) mass is 110 g/mol. The van der Waals surface area contributed by atoms with Gasteiger partial charge in [-0.25, -0.2) is 0 Å². The molecule has 1 nitrogen and oxygen atoms in total. The van der Waals surface area contributed by atoms with Crippen LogP contribution in [0.15, 0.2) is 0 Å². The van der Waals surface area contributed by atoms with Crippen molar-refractivity contribution in [3.8, 4) is 12.3 Å². The summed E-state index contributed by atoms with van der Waals surface area (Å²) in [6, 6.07) is 0. The van der Waals surface area contributed by atoms with Crippen molar-refractivity contribution in [3.05, 3.63) is 0 Å². The van der Waals surface area contributed by atoms with E-state index in [1.165, 1.54) is 25.9 Å². The first-order valence-corrected chi connectivity index (χ1v) is 3.20. The molecule has 1 N–H and O–H groups in total. The quantitative estimate of drug-likeness (QED) is 0.426. The second-order valence-corrected chi connectivity index (χ2v) is 2.34. The molecule has 1 saturated heterocycles.